The minimum absolute atomic E-state index is 0.144. The van der Waals surface area contributed by atoms with Crippen molar-refractivity contribution >= 4 is 11.7 Å². The Morgan fingerprint density at radius 1 is 1.38 bits per heavy atom. The first-order chi connectivity index (χ1) is 10.0. The van der Waals surface area contributed by atoms with Gasteiger partial charge < -0.3 is 10.2 Å². The number of amides is 1. The summed E-state index contributed by atoms with van der Waals surface area (Å²) in [6.07, 6.45) is 3.04. The quantitative estimate of drug-likeness (QED) is 0.926. The van der Waals surface area contributed by atoms with Crippen LogP contribution in [0.15, 0.2) is 12.1 Å². The lowest BCUT2D eigenvalue weighted by molar-refractivity contribution is 0.0627. The number of aryl methyl sites for hydroxylation is 1. The Hall–Kier alpha value is -1.58. The van der Waals surface area contributed by atoms with E-state index >= 15 is 0 Å². The van der Waals surface area contributed by atoms with Crippen LogP contribution in [0.5, 0.6) is 0 Å². The maximum absolute atomic E-state index is 12.7. The predicted octanol–water partition coefficient (Wildman–Crippen LogP) is 3.19. The fourth-order valence-corrected chi connectivity index (χ4v) is 2.85. The number of nitrogens with one attached hydrogen (secondary N) is 1. The van der Waals surface area contributed by atoms with E-state index in [4.69, 9.17) is 0 Å². The summed E-state index contributed by atoms with van der Waals surface area (Å²) < 4.78 is 0. The first kappa shape index (κ1) is 15.8. The van der Waals surface area contributed by atoms with Crippen molar-refractivity contribution < 1.29 is 4.79 Å². The zero-order chi connectivity index (χ0) is 15.4. The van der Waals surface area contributed by atoms with Crippen LogP contribution in [0.1, 0.15) is 49.7 Å². The molecular formula is C17H27N3O. The summed E-state index contributed by atoms with van der Waals surface area (Å²) in [5, 5.41) is 3.06. The van der Waals surface area contributed by atoms with Gasteiger partial charge in [-0.05, 0) is 36.8 Å². The molecule has 4 nitrogen and oxygen atoms in total. The topological polar surface area (TPSA) is 45.2 Å². The number of rotatable bonds is 4. The van der Waals surface area contributed by atoms with Gasteiger partial charge in [0.05, 0.1) is 0 Å². The number of piperidine rings is 1. The Morgan fingerprint density at radius 3 is 2.76 bits per heavy atom. The normalized spacial score (nSPS) is 22.2. The van der Waals surface area contributed by atoms with Gasteiger partial charge in [0, 0.05) is 31.4 Å². The first-order valence-corrected chi connectivity index (χ1v) is 8.03. The fourth-order valence-electron chi connectivity index (χ4n) is 2.85. The second kappa shape index (κ2) is 6.92. The highest BCUT2D eigenvalue weighted by Gasteiger charge is 2.26. The molecule has 2 atom stereocenters. The Balaban J connectivity index is 2.20. The molecule has 1 fully saturated rings. The van der Waals surface area contributed by atoms with Gasteiger partial charge in [0.15, 0.2) is 0 Å². The van der Waals surface area contributed by atoms with Crippen molar-refractivity contribution in [2.24, 2.45) is 11.8 Å². The van der Waals surface area contributed by atoms with Gasteiger partial charge in [-0.1, -0.05) is 27.2 Å². The number of carbonyl (C=O) groups is 1. The Kier molecular flexibility index (Phi) is 5.21. The molecule has 1 aliphatic heterocycles. The first-order valence-electron chi connectivity index (χ1n) is 8.03. The minimum Gasteiger partial charge on any atom is -0.373 e. The van der Waals surface area contributed by atoms with E-state index in [2.05, 4.69) is 31.1 Å². The Bertz CT molecular complexity index is 501. The van der Waals surface area contributed by atoms with Gasteiger partial charge in [-0.2, -0.15) is 0 Å². The molecule has 0 bridgehead atoms. The molecule has 1 aromatic rings. The van der Waals surface area contributed by atoms with E-state index in [1.54, 1.807) is 0 Å². The standard InChI is InChI=1S/C17H27N3O/c1-5-6-15-9-14(10-16(18-4)19-15)17(21)20-8-7-12(2)13(3)11-20/h9-10,12-13H,5-8,11H2,1-4H3,(H,18,19). The molecule has 2 rings (SSSR count). The van der Waals surface area contributed by atoms with Gasteiger partial charge in [-0.15, -0.1) is 0 Å². The molecule has 1 aromatic heterocycles. The number of aromatic nitrogens is 1. The lowest BCUT2D eigenvalue weighted by atomic mass is 9.88. The van der Waals surface area contributed by atoms with Crippen LogP contribution in [0.4, 0.5) is 5.82 Å². The Labute approximate surface area is 127 Å². The zero-order valence-corrected chi connectivity index (χ0v) is 13.6. The lowest BCUT2D eigenvalue weighted by Gasteiger charge is -2.35. The summed E-state index contributed by atoms with van der Waals surface area (Å²) in [7, 11) is 1.84. The summed E-state index contributed by atoms with van der Waals surface area (Å²) in [6, 6.07) is 3.82. The van der Waals surface area contributed by atoms with Crippen LogP contribution >= 0.6 is 0 Å². The minimum atomic E-state index is 0.144. The molecule has 21 heavy (non-hydrogen) atoms. The van der Waals surface area contributed by atoms with Crippen LogP contribution in [0.25, 0.3) is 0 Å². The van der Waals surface area contributed by atoms with Crippen molar-refractivity contribution in [3.63, 3.8) is 0 Å². The average Bonchev–Trinajstić information content (AvgIpc) is 2.49. The van der Waals surface area contributed by atoms with Crippen molar-refractivity contribution in [1.29, 1.82) is 0 Å². The molecule has 0 aromatic carbocycles. The van der Waals surface area contributed by atoms with Crippen molar-refractivity contribution in [1.82, 2.24) is 9.88 Å². The number of anilines is 1. The molecule has 0 spiro atoms. The molecule has 0 saturated carbocycles. The second-order valence-corrected chi connectivity index (χ2v) is 6.23. The molecule has 116 valence electrons. The van der Waals surface area contributed by atoms with Gasteiger partial charge in [-0.25, -0.2) is 4.98 Å². The summed E-state index contributed by atoms with van der Waals surface area (Å²) >= 11 is 0. The van der Waals surface area contributed by atoms with Crippen molar-refractivity contribution in [2.75, 3.05) is 25.5 Å². The van der Waals surface area contributed by atoms with Gasteiger partial charge >= 0.3 is 0 Å². The van der Waals surface area contributed by atoms with Crippen LogP contribution in [0.2, 0.25) is 0 Å². The van der Waals surface area contributed by atoms with Crippen molar-refractivity contribution in [2.45, 2.75) is 40.0 Å². The molecule has 1 amide bonds. The fraction of sp³-hybridized carbons (Fsp3) is 0.647. The van der Waals surface area contributed by atoms with Crippen LogP contribution in [-0.2, 0) is 6.42 Å². The van der Waals surface area contributed by atoms with Crippen LogP contribution < -0.4 is 5.32 Å². The highest BCUT2D eigenvalue weighted by atomic mass is 16.2. The van der Waals surface area contributed by atoms with E-state index in [0.29, 0.717) is 11.8 Å². The number of carbonyl (C=O) groups excluding carboxylic acids is 1. The highest BCUT2D eigenvalue weighted by molar-refractivity contribution is 5.95. The molecule has 0 aliphatic carbocycles. The van der Waals surface area contributed by atoms with Crippen LogP contribution in [-0.4, -0.2) is 35.9 Å². The van der Waals surface area contributed by atoms with Crippen LogP contribution in [0, 0.1) is 11.8 Å². The summed E-state index contributed by atoms with van der Waals surface area (Å²) in [4.78, 5) is 19.3. The van der Waals surface area contributed by atoms with Gasteiger partial charge in [0.1, 0.15) is 5.82 Å². The highest BCUT2D eigenvalue weighted by Crippen LogP contribution is 2.24. The number of likely N-dealkylation sites (tertiary alicyclic amines) is 1. The molecule has 1 aliphatic rings. The van der Waals surface area contributed by atoms with E-state index in [0.717, 1.165) is 49.4 Å². The second-order valence-electron chi connectivity index (χ2n) is 6.23. The summed E-state index contributed by atoms with van der Waals surface area (Å²) in [5.41, 5.74) is 1.76. The number of pyridine rings is 1. The predicted molar refractivity (Wildman–Crippen MR) is 86.6 cm³/mol. The third-order valence-electron chi connectivity index (χ3n) is 4.51. The monoisotopic (exact) mass is 289 g/mol. The molecular weight excluding hydrogens is 262 g/mol. The smallest absolute Gasteiger partial charge is 0.254 e. The number of hydrogen-bond donors (Lipinski definition) is 1. The molecule has 2 unspecified atom stereocenters. The third-order valence-corrected chi connectivity index (χ3v) is 4.51. The molecule has 4 heteroatoms. The number of hydrogen-bond acceptors (Lipinski definition) is 3. The molecule has 1 N–H and O–H groups in total. The van der Waals surface area contributed by atoms with E-state index in [-0.39, 0.29) is 5.91 Å². The van der Waals surface area contributed by atoms with E-state index in [1.165, 1.54) is 0 Å². The molecule has 1 saturated heterocycles. The number of nitrogens with zero attached hydrogens (tertiary/aromatic N) is 2. The summed E-state index contributed by atoms with van der Waals surface area (Å²) in [5.74, 6) is 2.20. The van der Waals surface area contributed by atoms with Gasteiger partial charge in [-0.3, -0.25) is 4.79 Å². The van der Waals surface area contributed by atoms with E-state index in [9.17, 15) is 4.79 Å². The van der Waals surface area contributed by atoms with Gasteiger partial charge in [0.2, 0.25) is 0 Å². The Morgan fingerprint density at radius 2 is 2.14 bits per heavy atom. The van der Waals surface area contributed by atoms with Crippen molar-refractivity contribution in [3.8, 4) is 0 Å². The van der Waals surface area contributed by atoms with Crippen molar-refractivity contribution in [3.05, 3.63) is 23.4 Å². The molecule has 2 heterocycles. The average molecular weight is 289 g/mol. The lowest BCUT2D eigenvalue weighted by Crippen LogP contribution is -2.42. The molecule has 0 radical (unpaired) electrons. The van der Waals surface area contributed by atoms with Gasteiger partial charge in [0.25, 0.3) is 5.91 Å². The largest absolute Gasteiger partial charge is 0.373 e. The van der Waals surface area contributed by atoms with E-state index in [1.807, 2.05) is 24.1 Å². The van der Waals surface area contributed by atoms with E-state index < -0.39 is 0 Å². The maximum Gasteiger partial charge on any atom is 0.254 e. The third kappa shape index (κ3) is 3.74. The van der Waals surface area contributed by atoms with Crippen LogP contribution in [0.3, 0.4) is 0 Å². The zero-order valence-electron chi connectivity index (χ0n) is 13.6. The maximum atomic E-state index is 12.7. The SMILES string of the molecule is CCCc1cc(C(=O)N2CCC(C)C(C)C2)cc(NC)n1. The summed E-state index contributed by atoms with van der Waals surface area (Å²) in [6.45, 7) is 8.36.